The maximum absolute atomic E-state index is 13.7. The van der Waals surface area contributed by atoms with Crippen molar-refractivity contribution in [1.29, 1.82) is 0 Å². The first kappa shape index (κ1) is 45.3. The molecule has 1 aromatic heterocycles. The van der Waals surface area contributed by atoms with E-state index in [1.807, 2.05) is 0 Å². The molecule has 2 rings (SSSR count). The number of ether oxygens (including phenoxy) is 1. The Bertz CT molecular complexity index is 1440. The van der Waals surface area contributed by atoms with Crippen LogP contribution < -0.4 is 31.6 Å². The van der Waals surface area contributed by atoms with E-state index in [2.05, 4.69) is 35.1 Å². The normalized spacial score (nSPS) is 12.3. The summed E-state index contributed by atoms with van der Waals surface area (Å²) in [5.41, 5.74) is 0.144. The number of rotatable bonds is 29. The SMILES string of the molecule is CCCCCCCCCCNC(=O)CC[C@H](NC(=O)[C@@H](NC(=O)Cc1cc(=O)oc2cc(OC)ccc12)C(C)C)C(=O)NCCCCCCCCCC. The van der Waals surface area contributed by atoms with Gasteiger partial charge in [0.25, 0.3) is 0 Å². The van der Waals surface area contributed by atoms with Crippen molar-refractivity contribution >= 4 is 34.6 Å². The molecule has 1 heterocycles. The Labute approximate surface area is 317 Å². The zero-order valence-corrected chi connectivity index (χ0v) is 33.2. The van der Waals surface area contributed by atoms with Crippen LogP contribution in [-0.2, 0) is 25.6 Å². The van der Waals surface area contributed by atoms with Gasteiger partial charge in [0.15, 0.2) is 0 Å². The number of benzene rings is 1. The number of amides is 4. The Morgan fingerprint density at radius 2 is 1.26 bits per heavy atom. The highest BCUT2D eigenvalue weighted by Gasteiger charge is 2.29. The lowest BCUT2D eigenvalue weighted by molar-refractivity contribution is -0.133. The number of methoxy groups -OCH3 is 1. The van der Waals surface area contributed by atoms with Gasteiger partial charge in [0.1, 0.15) is 23.4 Å². The van der Waals surface area contributed by atoms with Crippen LogP contribution in [0.4, 0.5) is 0 Å². The van der Waals surface area contributed by atoms with Crippen LogP contribution in [0.2, 0.25) is 0 Å². The lowest BCUT2D eigenvalue weighted by atomic mass is 10.0. The van der Waals surface area contributed by atoms with Crippen molar-refractivity contribution in [2.24, 2.45) is 5.92 Å². The first-order valence-electron chi connectivity index (χ1n) is 20.3. The van der Waals surface area contributed by atoms with E-state index in [0.717, 1.165) is 38.5 Å². The quantitative estimate of drug-likeness (QED) is 0.0505. The summed E-state index contributed by atoms with van der Waals surface area (Å²) in [5.74, 6) is -1.27. The smallest absolute Gasteiger partial charge is 0.336 e. The molecular formula is C42H68N4O7. The predicted molar refractivity (Wildman–Crippen MR) is 212 cm³/mol. The minimum Gasteiger partial charge on any atom is -0.497 e. The van der Waals surface area contributed by atoms with E-state index >= 15 is 0 Å². The maximum atomic E-state index is 13.7. The van der Waals surface area contributed by atoms with Gasteiger partial charge in [0.2, 0.25) is 23.6 Å². The molecule has 2 atom stereocenters. The van der Waals surface area contributed by atoms with Crippen LogP contribution in [0, 0.1) is 5.92 Å². The summed E-state index contributed by atoms with van der Waals surface area (Å²) in [6.07, 6.45) is 18.6. The van der Waals surface area contributed by atoms with E-state index in [1.165, 1.54) is 77.4 Å². The molecule has 53 heavy (non-hydrogen) atoms. The minimum atomic E-state index is -0.951. The molecule has 4 amide bonds. The molecule has 11 nitrogen and oxygen atoms in total. The van der Waals surface area contributed by atoms with Gasteiger partial charge >= 0.3 is 5.63 Å². The number of nitrogens with one attached hydrogen (secondary N) is 4. The first-order chi connectivity index (χ1) is 25.6. The first-order valence-corrected chi connectivity index (χ1v) is 20.3. The third-order valence-electron chi connectivity index (χ3n) is 9.63. The molecule has 0 unspecified atom stereocenters. The van der Waals surface area contributed by atoms with Crippen LogP contribution >= 0.6 is 0 Å². The number of fused-ring (bicyclic) bond motifs is 1. The van der Waals surface area contributed by atoms with Crippen LogP contribution in [0.1, 0.15) is 149 Å². The van der Waals surface area contributed by atoms with Crippen LogP contribution in [0.15, 0.2) is 33.5 Å². The fourth-order valence-electron chi connectivity index (χ4n) is 6.39. The molecule has 11 heteroatoms. The van der Waals surface area contributed by atoms with Crippen LogP contribution in [0.25, 0.3) is 11.0 Å². The Balaban J connectivity index is 2.00. The molecule has 298 valence electrons. The highest BCUT2D eigenvalue weighted by Crippen LogP contribution is 2.23. The van der Waals surface area contributed by atoms with Gasteiger partial charge in [-0.25, -0.2) is 4.79 Å². The van der Waals surface area contributed by atoms with Gasteiger partial charge in [-0.05, 0) is 42.9 Å². The molecule has 0 fully saturated rings. The second-order valence-corrected chi connectivity index (χ2v) is 14.6. The zero-order valence-electron chi connectivity index (χ0n) is 33.2. The standard InChI is InChI=1S/C42H68N4O7/c1-6-8-10-12-14-16-18-20-26-43-37(47)25-24-35(41(50)44-27-21-19-17-15-13-11-9-7-2)45-42(51)40(31(3)4)46-38(48)28-32-29-39(49)53-36-30-33(52-5)22-23-34(32)36/h22-23,29-31,35,40H,6-21,24-28H2,1-5H3,(H,43,47)(H,44,50)(H,45,51)(H,46,48)/t35-,40-/m0/s1. The largest absolute Gasteiger partial charge is 0.497 e. The average Bonchev–Trinajstić information content (AvgIpc) is 3.13. The van der Waals surface area contributed by atoms with Gasteiger partial charge in [-0.2, -0.15) is 0 Å². The van der Waals surface area contributed by atoms with E-state index in [-0.39, 0.29) is 37.0 Å². The van der Waals surface area contributed by atoms with Crippen molar-refractivity contribution in [1.82, 2.24) is 21.3 Å². The predicted octanol–water partition coefficient (Wildman–Crippen LogP) is 7.26. The number of carbonyl (C=O) groups is 4. The summed E-state index contributed by atoms with van der Waals surface area (Å²) in [6, 6.07) is 4.39. The van der Waals surface area contributed by atoms with E-state index in [1.54, 1.807) is 32.0 Å². The number of hydrogen-bond acceptors (Lipinski definition) is 7. The second kappa shape index (κ2) is 26.8. The van der Waals surface area contributed by atoms with E-state index in [0.29, 0.717) is 35.4 Å². The number of hydrogen-bond donors (Lipinski definition) is 4. The highest BCUT2D eigenvalue weighted by atomic mass is 16.5. The molecule has 0 saturated heterocycles. The Kier molecular flexibility index (Phi) is 22.9. The summed E-state index contributed by atoms with van der Waals surface area (Å²) < 4.78 is 10.5. The minimum absolute atomic E-state index is 0.0836. The lowest BCUT2D eigenvalue weighted by Crippen LogP contribution is -2.55. The number of carbonyl (C=O) groups excluding carboxylic acids is 4. The van der Waals surface area contributed by atoms with Crippen LogP contribution in [0.5, 0.6) is 5.75 Å². The van der Waals surface area contributed by atoms with Crippen molar-refractivity contribution in [3.63, 3.8) is 0 Å². The van der Waals surface area contributed by atoms with Crippen molar-refractivity contribution in [3.8, 4) is 5.75 Å². The molecule has 0 bridgehead atoms. The van der Waals surface area contributed by atoms with Crippen LogP contribution in [-0.4, -0.2) is 55.9 Å². The van der Waals surface area contributed by atoms with Gasteiger partial charge in [0.05, 0.1) is 13.5 Å². The highest BCUT2D eigenvalue weighted by molar-refractivity contribution is 5.94. The molecule has 0 aliphatic rings. The molecule has 0 aliphatic carbocycles. The monoisotopic (exact) mass is 741 g/mol. The maximum Gasteiger partial charge on any atom is 0.336 e. The fraction of sp³-hybridized carbons (Fsp3) is 0.690. The summed E-state index contributed by atoms with van der Waals surface area (Å²) in [7, 11) is 1.51. The van der Waals surface area contributed by atoms with Gasteiger partial charge in [0, 0.05) is 37.0 Å². The molecule has 2 aromatic rings. The fourth-order valence-corrected chi connectivity index (χ4v) is 6.39. The summed E-state index contributed by atoms with van der Waals surface area (Å²) in [4.78, 5) is 65.4. The van der Waals surface area contributed by atoms with Crippen molar-refractivity contribution in [3.05, 3.63) is 40.2 Å². The number of unbranched alkanes of at least 4 members (excludes halogenated alkanes) is 14. The van der Waals surface area contributed by atoms with Gasteiger partial charge < -0.3 is 30.4 Å². The zero-order chi connectivity index (χ0) is 38.8. The van der Waals surface area contributed by atoms with Crippen molar-refractivity contribution in [2.75, 3.05) is 20.2 Å². The Morgan fingerprint density at radius 3 is 1.83 bits per heavy atom. The second-order valence-electron chi connectivity index (χ2n) is 14.6. The molecule has 0 spiro atoms. The Hall–Kier alpha value is -3.89. The topological polar surface area (TPSA) is 156 Å². The third kappa shape index (κ3) is 18.6. The third-order valence-corrected chi connectivity index (χ3v) is 9.63. The molecule has 0 radical (unpaired) electrons. The summed E-state index contributed by atoms with van der Waals surface area (Å²) in [6.45, 7) is 9.10. The average molecular weight is 741 g/mol. The molecule has 4 N–H and O–H groups in total. The van der Waals surface area contributed by atoms with Gasteiger partial charge in [-0.1, -0.05) is 118 Å². The lowest BCUT2D eigenvalue weighted by Gasteiger charge is -2.25. The Morgan fingerprint density at radius 1 is 0.698 bits per heavy atom. The van der Waals surface area contributed by atoms with Crippen molar-refractivity contribution in [2.45, 2.75) is 162 Å². The van der Waals surface area contributed by atoms with E-state index in [4.69, 9.17) is 9.15 Å². The molecule has 1 aromatic carbocycles. The van der Waals surface area contributed by atoms with Crippen molar-refractivity contribution < 1.29 is 28.3 Å². The van der Waals surface area contributed by atoms with E-state index in [9.17, 15) is 24.0 Å². The molecule has 0 aliphatic heterocycles. The summed E-state index contributed by atoms with van der Waals surface area (Å²) in [5, 5.41) is 12.1. The van der Waals surface area contributed by atoms with Gasteiger partial charge in [-0.3, -0.25) is 19.2 Å². The molecule has 0 saturated carbocycles. The van der Waals surface area contributed by atoms with Crippen LogP contribution in [0.3, 0.4) is 0 Å². The summed E-state index contributed by atoms with van der Waals surface area (Å²) >= 11 is 0. The van der Waals surface area contributed by atoms with E-state index < -0.39 is 29.5 Å². The molecular weight excluding hydrogens is 672 g/mol. The van der Waals surface area contributed by atoms with Gasteiger partial charge in [-0.15, -0.1) is 0 Å².